The van der Waals surface area contributed by atoms with Gasteiger partial charge in [0.25, 0.3) is 0 Å². The molecule has 0 fully saturated rings. The Morgan fingerprint density at radius 3 is 2.25 bits per heavy atom. The highest BCUT2D eigenvalue weighted by atomic mass is 16.2. The molecular weight excluding hydrogens is 208 g/mol. The summed E-state index contributed by atoms with van der Waals surface area (Å²) in [4.78, 5) is 22.3. The van der Waals surface area contributed by atoms with Crippen molar-refractivity contribution in [3.63, 3.8) is 0 Å². The summed E-state index contributed by atoms with van der Waals surface area (Å²) in [5, 5.41) is 5.82. The summed E-state index contributed by atoms with van der Waals surface area (Å²) in [6.07, 6.45) is 0.933. The van der Waals surface area contributed by atoms with Crippen molar-refractivity contribution in [2.75, 3.05) is 13.6 Å². The van der Waals surface area contributed by atoms with Gasteiger partial charge >= 0.3 is 0 Å². The van der Waals surface area contributed by atoms with Crippen molar-refractivity contribution in [1.82, 2.24) is 10.6 Å². The van der Waals surface area contributed by atoms with E-state index in [-0.39, 0.29) is 0 Å². The molecule has 6 N–H and O–H groups in total. The molecule has 2 unspecified atom stereocenters. The SMILES string of the molecule is CCNC(C)(CCC(NC)C(N)=O)C(N)=O. The molecule has 6 heteroatoms. The molecule has 2 amide bonds. The quantitative estimate of drug-likeness (QED) is 0.415. The minimum Gasteiger partial charge on any atom is -0.368 e. The number of hydrogen-bond donors (Lipinski definition) is 4. The molecule has 0 aliphatic heterocycles. The van der Waals surface area contributed by atoms with E-state index in [4.69, 9.17) is 11.5 Å². The van der Waals surface area contributed by atoms with Crippen LogP contribution in [0, 0.1) is 0 Å². The van der Waals surface area contributed by atoms with Crippen LogP contribution in [-0.2, 0) is 9.59 Å². The van der Waals surface area contributed by atoms with Crippen molar-refractivity contribution in [3.05, 3.63) is 0 Å². The van der Waals surface area contributed by atoms with E-state index in [1.165, 1.54) is 0 Å². The van der Waals surface area contributed by atoms with Crippen LogP contribution in [0.1, 0.15) is 26.7 Å². The van der Waals surface area contributed by atoms with Crippen LogP contribution in [0.15, 0.2) is 0 Å². The topological polar surface area (TPSA) is 110 Å². The van der Waals surface area contributed by atoms with Crippen molar-refractivity contribution >= 4 is 11.8 Å². The van der Waals surface area contributed by atoms with Gasteiger partial charge in [-0.2, -0.15) is 0 Å². The first kappa shape index (κ1) is 14.9. The number of carbonyl (C=O) groups excluding carboxylic acids is 2. The molecule has 0 aliphatic carbocycles. The lowest BCUT2D eigenvalue weighted by atomic mass is 9.92. The Hall–Kier alpha value is -1.14. The van der Waals surface area contributed by atoms with E-state index in [1.807, 2.05) is 6.92 Å². The third-order valence-corrected chi connectivity index (χ3v) is 2.74. The Morgan fingerprint density at radius 1 is 1.38 bits per heavy atom. The first-order chi connectivity index (χ1) is 7.37. The number of primary amides is 2. The third-order valence-electron chi connectivity index (χ3n) is 2.74. The smallest absolute Gasteiger partial charge is 0.237 e. The zero-order valence-corrected chi connectivity index (χ0v) is 10.2. The summed E-state index contributed by atoms with van der Waals surface area (Å²) in [6.45, 7) is 4.26. The fraction of sp³-hybridized carbons (Fsp3) is 0.800. The molecule has 16 heavy (non-hydrogen) atoms. The standard InChI is InChI=1S/C10H22N4O2/c1-4-14-10(2,9(12)16)6-5-7(13-3)8(11)15/h7,13-14H,4-6H2,1-3H3,(H2,11,15)(H2,12,16). The van der Waals surface area contributed by atoms with E-state index in [1.54, 1.807) is 14.0 Å². The minimum absolute atomic E-state index is 0.423. The summed E-state index contributed by atoms with van der Waals surface area (Å²) < 4.78 is 0. The van der Waals surface area contributed by atoms with Gasteiger partial charge in [-0.3, -0.25) is 9.59 Å². The highest BCUT2D eigenvalue weighted by Gasteiger charge is 2.31. The van der Waals surface area contributed by atoms with Crippen LogP contribution < -0.4 is 22.1 Å². The Morgan fingerprint density at radius 2 is 1.94 bits per heavy atom. The Balaban J connectivity index is 4.42. The molecule has 0 aromatic rings. The van der Waals surface area contributed by atoms with Crippen LogP contribution in [-0.4, -0.2) is 37.0 Å². The second-order valence-corrected chi connectivity index (χ2v) is 4.01. The van der Waals surface area contributed by atoms with Gasteiger partial charge in [0.15, 0.2) is 0 Å². The lowest BCUT2D eigenvalue weighted by Gasteiger charge is -2.28. The zero-order chi connectivity index (χ0) is 12.8. The summed E-state index contributed by atoms with van der Waals surface area (Å²) in [7, 11) is 1.66. The van der Waals surface area contributed by atoms with E-state index in [9.17, 15) is 9.59 Å². The van der Waals surface area contributed by atoms with Crippen LogP contribution in [0.25, 0.3) is 0 Å². The van der Waals surface area contributed by atoms with Gasteiger partial charge in [-0.1, -0.05) is 6.92 Å². The summed E-state index contributed by atoms with van der Waals surface area (Å²) in [5.41, 5.74) is 9.72. The third kappa shape index (κ3) is 4.16. The summed E-state index contributed by atoms with van der Waals surface area (Å²) in [5.74, 6) is -0.848. The minimum atomic E-state index is -0.792. The van der Waals surface area contributed by atoms with Gasteiger partial charge < -0.3 is 22.1 Å². The second-order valence-electron chi connectivity index (χ2n) is 4.01. The largest absolute Gasteiger partial charge is 0.368 e. The summed E-state index contributed by atoms with van der Waals surface area (Å²) >= 11 is 0. The average Bonchev–Trinajstić information content (AvgIpc) is 2.18. The molecule has 0 radical (unpaired) electrons. The van der Waals surface area contributed by atoms with Gasteiger partial charge in [-0.25, -0.2) is 0 Å². The van der Waals surface area contributed by atoms with E-state index in [0.717, 1.165) is 0 Å². The maximum Gasteiger partial charge on any atom is 0.237 e. The van der Waals surface area contributed by atoms with Gasteiger partial charge in [-0.05, 0) is 33.4 Å². The maximum atomic E-state index is 11.3. The predicted molar refractivity (Wildman–Crippen MR) is 62.6 cm³/mol. The van der Waals surface area contributed by atoms with Crippen molar-refractivity contribution in [2.45, 2.75) is 38.3 Å². The summed E-state index contributed by atoms with van der Waals surface area (Å²) in [6, 6.07) is -0.433. The Bertz CT molecular complexity index is 257. The molecule has 0 bridgehead atoms. The fourth-order valence-electron chi connectivity index (χ4n) is 1.55. The van der Waals surface area contributed by atoms with Crippen LogP contribution in [0.5, 0.6) is 0 Å². The van der Waals surface area contributed by atoms with Crippen molar-refractivity contribution in [1.29, 1.82) is 0 Å². The zero-order valence-electron chi connectivity index (χ0n) is 10.2. The number of rotatable bonds is 8. The van der Waals surface area contributed by atoms with Crippen molar-refractivity contribution in [3.8, 4) is 0 Å². The molecule has 0 aromatic heterocycles. The number of carbonyl (C=O) groups is 2. The van der Waals surface area contributed by atoms with E-state index < -0.39 is 23.4 Å². The fourth-order valence-corrected chi connectivity index (χ4v) is 1.55. The lowest BCUT2D eigenvalue weighted by molar-refractivity contribution is -0.125. The van der Waals surface area contributed by atoms with Gasteiger partial charge in [0.1, 0.15) is 0 Å². The number of nitrogens with two attached hydrogens (primary N) is 2. The molecule has 0 spiro atoms. The first-order valence-electron chi connectivity index (χ1n) is 5.39. The first-order valence-corrected chi connectivity index (χ1v) is 5.39. The maximum absolute atomic E-state index is 11.3. The number of amides is 2. The second kappa shape index (κ2) is 6.44. The van der Waals surface area contributed by atoms with Gasteiger partial charge in [0, 0.05) is 0 Å². The molecule has 0 aromatic carbocycles. The molecule has 0 aliphatic rings. The average molecular weight is 230 g/mol. The molecule has 0 saturated heterocycles. The highest BCUT2D eigenvalue weighted by Crippen LogP contribution is 2.13. The van der Waals surface area contributed by atoms with Crippen LogP contribution in [0.2, 0.25) is 0 Å². The van der Waals surface area contributed by atoms with Gasteiger partial charge in [0.05, 0.1) is 11.6 Å². The monoisotopic (exact) mass is 230 g/mol. The van der Waals surface area contributed by atoms with E-state index >= 15 is 0 Å². The van der Waals surface area contributed by atoms with Crippen LogP contribution in [0.4, 0.5) is 0 Å². The van der Waals surface area contributed by atoms with Crippen molar-refractivity contribution < 1.29 is 9.59 Å². The molecule has 6 nitrogen and oxygen atoms in total. The Labute approximate surface area is 96.1 Å². The predicted octanol–water partition coefficient (Wildman–Crippen LogP) is -1.31. The molecule has 94 valence electrons. The van der Waals surface area contributed by atoms with E-state index in [0.29, 0.717) is 19.4 Å². The molecule has 2 atom stereocenters. The lowest BCUT2D eigenvalue weighted by Crippen LogP contribution is -2.54. The Kier molecular flexibility index (Phi) is 5.98. The number of hydrogen-bond acceptors (Lipinski definition) is 4. The molecule has 0 saturated carbocycles. The highest BCUT2D eigenvalue weighted by molar-refractivity contribution is 5.84. The number of likely N-dealkylation sites (N-methyl/N-ethyl adjacent to an activating group) is 2. The van der Waals surface area contributed by atoms with Crippen molar-refractivity contribution in [2.24, 2.45) is 11.5 Å². The molecule has 0 heterocycles. The molecular formula is C10H22N4O2. The van der Waals surface area contributed by atoms with E-state index in [2.05, 4.69) is 10.6 Å². The van der Waals surface area contributed by atoms with Gasteiger partial charge in [-0.15, -0.1) is 0 Å². The van der Waals surface area contributed by atoms with Crippen LogP contribution in [0.3, 0.4) is 0 Å². The normalized spacial score (nSPS) is 16.4. The van der Waals surface area contributed by atoms with Gasteiger partial charge in [0.2, 0.25) is 11.8 Å². The van der Waals surface area contributed by atoms with Crippen LogP contribution >= 0.6 is 0 Å². The number of nitrogens with one attached hydrogen (secondary N) is 2. The molecule has 0 rings (SSSR count).